The Bertz CT molecular complexity index is 2210. The molecule has 0 amide bonds. The molecule has 11 aliphatic rings. The highest BCUT2D eigenvalue weighted by atomic mass is 16.8. The molecule has 84 heavy (non-hydrogen) atoms. The zero-order valence-electron chi connectivity index (χ0n) is 48.0. The predicted octanol–water partition coefficient (Wildman–Crippen LogP) is -5.48. The Balaban J connectivity index is 0.789. The van der Waals surface area contributed by atoms with Crippen molar-refractivity contribution in [1.29, 1.82) is 0 Å². The molecule has 484 valence electrons. The molecule has 28 nitrogen and oxygen atoms in total. The van der Waals surface area contributed by atoms with Crippen molar-refractivity contribution in [1.82, 2.24) is 0 Å². The van der Waals surface area contributed by atoms with Crippen LogP contribution in [0.25, 0.3) is 0 Å². The van der Waals surface area contributed by atoms with Gasteiger partial charge in [-0.15, -0.1) is 0 Å². The molecule has 7 heterocycles. The first-order valence-electron chi connectivity index (χ1n) is 30.3. The number of aliphatic hydroxyl groups is 16. The van der Waals surface area contributed by atoms with Gasteiger partial charge in [-0.3, -0.25) is 0 Å². The molecule has 0 aromatic heterocycles. The molecule has 0 radical (unpaired) electrons. The van der Waals surface area contributed by atoms with Crippen molar-refractivity contribution in [2.24, 2.45) is 52.3 Å². The van der Waals surface area contributed by atoms with Gasteiger partial charge in [-0.25, -0.2) is 0 Å². The van der Waals surface area contributed by atoms with Crippen molar-refractivity contribution in [3.8, 4) is 0 Å². The molecule has 7 saturated heterocycles. The van der Waals surface area contributed by atoms with E-state index in [9.17, 15) is 81.7 Å². The standard InChI is InChI=1S/C56H92O28/c1-19-10-33(62)56(74-17-19)20(2)34-29(84-56)13-25-23-12-27(60)26-11-22(6-8-54(26,4)24(23)7-9-55(25,34)5)76-51-43(71)40(68)45(32(16-59)79-51)80-53-48(47(38(66)31(15-58)78-53)82-49-41(69)36(64)28(61)18-73-49)83-52-44(72)46(37(65)30(14-57)77-52)81-50-42(70)39(67)35(63)21(3)75-50/h19-53,57-72H,6-18H2,1-5H3/t19-,20+,21+,22+,23-,24+,25+,26-,27+,28-,29+,30-,31-,32-,33+,34+,35+,36+,37-,38-,39-,40-,41-,42-,43-,44-,45+,46+,47+,48-,49+,50+,51-,52+,53+,54-,55+,56+/m1/s1. The number of rotatable bonds is 13. The van der Waals surface area contributed by atoms with E-state index >= 15 is 0 Å². The summed E-state index contributed by atoms with van der Waals surface area (Å²) in [4.78, 5) is 0. The normalized spacial score (nSPS) is 58.6. The Kier molecular flexibility index (Phi) is 19.0. The maximum absolute atomic E-state index is 12.2. The molecule has 0 aromatic rings. The average Bonchev–Trinajstić information content (AvgIpc) is 3.29. The highest BCUT2D eigenvalue weighted by Crippen LogP contribution is 2.71. The summed E-state index contributed by atoms with van der Waals surface area (Å²) in [7, 11) is 0. The van der Waals surface area contributed by atoms with Crippen LogP contribution in [0.3, 0.4) is 0 Å². The molecule has 4 aliphatic carbocycles. The topological polar surface area (TPSA) is 434 Å². The van der Waals surface area contributed by atoms with Crippen LogP contribution in [0.2, 0.25) is 0 Å². The quantitative estimate of drug-likeness (QED) is 0.0765. The van der Waals surface area contributed by atoms with Crippen LogP contribution < -0.4 is 0 Å². The molecule has 4 saturated carbocycles. The van der Waals surface area contributed by atoms with Crippen LogP contribution in [0.4, 0.5) is 0 Å². The third kappa shape index (κ3) is 11.0. The van der Waals surface area contributed by atoms with E-state index in [4.69, 9.17) is 56.8 Å². The number of aliphatic hydroxyl groups excluding tert-OH is 16. The lowest BCUT2D eigenvalue weighted by molar-refractivity contribution is -0.409. The first-order valence-corrected chi connectivity index (χ1v) is 30.3. The van der Waals surface area contributed by atoms with Crippen molar-refractivity contribution >= 4 is 0 Å². The summed E-state index contributed by atoms with van der Waals surface area (Å²) >= 11 is 0. The van der Waals surface area contributed by atoms with Crippen molar-refractivity contribution < 1.29 is 139 Å². The van der Waals surface area contributed by atoms with Crippen LogP contribution >= 0.6 is 0 Å². The fourth-order valence-electron chi connectivity index (χ4n) is 17.5. The van der Waals surface area contributed by atoms with Crippen LogP contribution in [-0.2, 0) is 56.8 Å². The fourth-order valence-corrected chi connectivity index (χ4v) is 17.5. The summed E-state index contributed by atoms with van der Waals surface area (Å²) in [6.07, 6.45) is -39.7. The van der Waals surface area contributed by atoms with Crippen LogP contribution in [0.1, 0.15) is 86.0 Å². The largest absolute Gasteiger partial charge is 0.394 e. The van der Waals surface area contributed by atoms with Crippen molar-refractivity contribution in [3.05, 3.63) is 0 Å². The second-order valence-electron chi connectivity index (χ2n) is 26.9. The summed E-state index contributed by atoms with van der Waals surface area (Å²) < 4.78 is 73.1. The molecular weight excluding hydrogens is 1120 g/mol. The summed E-state index contributed by atoms with van der Waals surface area (Å²) in [6, 6.07) is 0. The van der Waals surface area contributed by atoms with Gasteiger partial charge in [0.05, 0.1) is 57.5 Å². The molecule has 11 fully saturated rings. The Morgan fingerprint density at radius 2 is 1.04 bits per heavy atom. The molecule has 1 spiro atoms. The van der Waals surface area contributed by atoms with Gasteiger partial charge in [0.15, 0.2) is 37.2 Å². The van der Waals surface area contributed by atoms with E-state index in [2.05, 4.69) is 27.7 Å². The Labute approximate surface area is 486 Å². The van der Waals surface area contributed by atoms with Gasteiger partial charge in [-0.1, -0.05) is 27.7 Å². The molecule has 0 aromatic carbocycles. The van der Waals surface area contributed by atoms with Gasteiger partial charge in [-0.2, -0.15) is 0 Å². The van der Waals surface area contributed by atoms with Gasteiger partial charge in [0.2, 0.25) is 0 Å². The molecular formula is C56H92O28. The predicted molar refractivity (Wildman–Crippen MR) is 276 cm³/mol. The van der Waals surface area contributed by atoms with E-state index < -0.39 is 198 Å². The first kappa shape index (κ1) is 64.4. The second kappa shape index (κ2) is 24.8. The average molecular weight is 1210 g/mol. The highest BCUT2D eigenvalue weighted by Gasteiger charge is 2.72. The molecule has 16 N–H and O–H groups in total. The fraction of sp³-hybridized carbons (Fsp3) is 1.00. The Morgan fingerprint density at radius 1 is 0.452 bits per heavy atom. The van der Waals surface area contributed by atoms with Crippen molar-refractivity contribution in [2.75, 3.05) is 33.0 Å². The van der Waals surface area contributed by atoms with Gasteiger partial charge in [-0.05, 0) is 105 Å². The summed E-state index contributed by atoms with van der Waals surface area (Å²) in [5.41, 5.74) is -0.338. The summed E-state index contributed by atoms with van der Waals surface area (Å²) in [5.74, 6) is 0.0702. The zero-order valence-corrected chi connectivity index (χ0v) is 48.0. The van der Waals surface area contributed by atoms with Gasteiger partial charge in [0.1, 0.15) is 116 Å². The van der Waals surface area contributed by atoms with E-state index in [1.54, 1.807) is 0 Å². The minimum atomic E-state index is -2.14. The Hall–Kier alpha value is -1.12. The van der Waals surface area contributed by atoms with Gasteiger partial charge in [0.25, 0.3) is 0 Å². The monoisotopic (exact) mass is 1210 g/mol. The van der Waals surface area contributed by atoms with Gasteiger partial charge < -0.3 is 139 Å². The van der Waals surface area contributed by atoms with Gasteiger partial charge >= 0.3 is 0 Å². The first-order chi connectivity index (χ1) is 39.8. The number of fused-ring (bicyclic) bond motifs is 7. The molecule has 11 rings (SSSR count). The van der Waals surface area contributed by atoms with Crippen LogP contribution in [0.5, 0.6) is 0 Å². The zero-order chi connectivity index (χ0) is 60.4. The molecule has 0 bridgehead atoms. The van der Waals surface area contributed by atoms with Gasteiger partial charge in [0, 0.05) is 5.92 Å². The molecule has 7 aliphatic heterocycles. The van der Waals surface area contributed by atoms with E-state index in [-0.39, 0.29) is 46.5 Å². The lowest BCUT2D eigenvalue weighted by Crippen LogP contribution is -2.69. The minimum absolute atomic E-state index is 0.00828. The van der Waals surface area contributed by atoms with Crippen LogP contribution in [0.15, 0.2) is 0 Å². The minimum Gasteiger partial charge on any atom is -0.394 e. The third-order valence-electron chi connectivity index (χ3n) is 22.1. The molecule has 28 heteroatoms. The molecule has 38 atom stereocenters. The lowest BCUT2D eigenvalue weighted by atomic mass is 9.43. The highest BCUT2D eigenvalue weighted by molar-refractivity contribution is 5.17. The summed E-state index contributed by atoms with van der Waals surface area (Å²) in [6.45, 7) is 7.44. The third-order valence-corrected chi connectivity index (χ3v) is 22.1. The number of hydrogen-bond acceptors (Lipinski definition) is 28. The SMILES string of the molecule is C[C@H]1CO[C@@]2(O[C@H]3C[C@H]4[C@@H]5C[C@H](O)[C@H]6C[C@@H](O[C@@H]7O[C@H](CO)[C@H](O[C@@H]8O[C@H](CO)[C@@H](O)[C@H](O[C@@H]9OC[C@@H](O)[C@H](O)[C@H]9O)[C@H]8O[C@@H]8O[C@H](CO)[C@@H](O)[C@H](O[C@@H]9O[C@@H](C)[C@H](O)[C@@H](O)[C@H]9O)[C@H]8O)[C@H](O)[C@H]7O)CC[C@]6(C)[C@H]5CC[C@]4(C)[C@H]3[C@@H]2C)[C@@H](O)C1. The Morgan fingerprint density at radius 3 is 1.73 bits per heavy atom. The maximum Gasteiger partial charge on any atom is 0.197 e. The lowest BCUT2D eigenvalue weighted by Gasteiger charge is -2.62. The summed E-state index contributed by atoms with van der Waals surface area (Å²) in [5, 5.41) is 177. The number of hydrogen-bond donors (Lipinski definition) is 16. The van der Waals surface area contributed by atoms with E-state index in [1.807, 2.05) is 0 Å². The van der Waals surface area contributed by atoms with Crippen molar-refractivity contribution in [3.63, 3.8) is 0 Å². The smallest absolute Gasteiger partial charge is 0.197 e. The molecule has 0 unspecified atom stereocenters. The van der Waals surface area contributed by atoms with Crippen molar-refractivity contribution in [2.45, 2.75) is 264 Å². The van der Waals surface area contributed by atoms with Crippen LogP contribution in [-0.4, -0.2) is 292 Å². The second-order valence-corrected chi connectivity index (χ2v) is 26.9. The van der Waals surface area contributed by atoms with E-state index in [0.29, 0.717) is 50.5 Å². The van der Waals surface area contributed by atoms with Crippen LogP contribution in [0, 0.1) is 52.3 Å². The maximum atomic E-state index is 12.2. The van der Waals surface area contributed by atoms with E-state index in [1.165, 1.54) is 6.92 Å². The van der Waals surface area contributed by atoms with E-state index in [0.717, 1.165) is 19.3 Å². The number of ether oxygens (including phenoxy) is 12.